The lowest BCUT2D eigenvalue weighted by Crippen LogP contribution is -2.36. The molecule has 0 fully saturated rings. The third kappa shape index (κ3) is 3.80. The quantitative estimate of drug-likeness (QED) is 0.671. The largest absolute Gasteiger partial charge is 0.348 e. The second kappa shape index (κ2) is 8.14. The third-order valence-corrected chi connectivity index (χ3v) is 6.23. The normalized spacial score (nSPS) is 17.0. The van der Waals surface area contributed by atoms with Crippen molar-refractivity contribution in [2.75, 3.05) is 0 Å². The van der Waals surface area contributed by atoms with E-state index in [2.05, 4.69) is 38.7 Å². The summed E-state index contributed by atoms with van der Waals surface area (Å²) in [7, 11) is 1.91. The van der Waals surface area contributed by atoms with Gasteiger partial charge < -0.3 is 9.88 Å². The Balaban J connectivity index is 1.44. The fourth-order valence-electron chi connectivity index (χ4n) is 3.57. The number of thioether (sulfide) groups is 1. The fourth-order valence-corrected chi connectivity index (χ4v) is 4.39. The molecule has 1 N–H and O–H groups in total. The number of hydrogen-bond donors (Lipinski definition) is 1. The molecule has 7 heteroatoms. The highest BCUT2D eigenvalue weighted by molar-refractivity contribution is 8.00. The smallest absolute Gasteiger partial charge is 0.233 e. The molecular weight excluding hydrogens is 370 g/mol. The van der Waals surface area contributed by atoms with Crippen molar-refractivity contribution in [3.8, 4) is 11.4 Å². The van der Waals surface area contributed by atoms with Gasteiger partial charge in [0, 0.05) is 25.0 Å². The number of rotatable bonds is 5. The summed E-state index contributed by atoms with van der Waals surface area (Å²) in [6.45, 7) is 1.91. The molecule has 0 saturated heterocycles. The zero-order valence-electron chi connectivity index (χ0n) is 16.0. The van der Waals surface area contributed by atoms with Crippen LogP contribution in [-0.4, -0.2) is 30.9 Å². The van der Waals surface area contributed by atoms with Gasteiger partial charge in [-0.3, -0.25) is 9.78 Å². The Morgan fingerprint density at radius 2 is 2.11 bits per heavy atom. The Labute approximate surface area is 168 Å². The van der Waals surface area contributed by atoms with Crippen molar-refractivity contribution in [3.63, 3.8) is 0 Å². The van der Waals surface area contributed by atoms with E-state index >= 15 is 0 Å². The van der Waals surface area contributed by atoms with Crippen molar-refractivity contribution < 1.29 is 4.79 Å². The number of nitrogens with one attached hydrogen (secondary N) is 1. The maximum atomic E-state index is 12.8. The molecular formula is C21H23N5OS. The Morgan fingerprint density at radius 1 is 1.25 bits per heavy atom. The number of aryl methyl sites for hydroxylation is 1. The number of benzene rings is 1. The van der Waals surface area contributed by atoms with Crippen LogP contribution in [-0.2, 0) is 18.3 Å². The third-order valence-electron chi connectivity index (χ3n) is 5.09. The fraction of sp³-hybridized carbons (Fsp3) is 0.333. The zero-order chi connectivity index (χ0) is 19.5. The first-order valence-corrected chi connectivity index (χ1v) is 10.4. The van der Waals surface area contributed by atoms with Gasteiger partial charge in [-0.15, -0.1) is 10.2 Å². The van der Waals surface area contributed by atoms with E-state index in [0.717, 1.165) is 30.7 Å². The lowest BCUT2D eigenvalue weighted by atomic mass is 9.88. The summed E-state index contributed by atoms with van der Waals surface area (Å²) in [5.74, 6) is 0.766. The number of nitrogens with zero attached hydrogens (tertiary/aromatic N) is 4. The van der Waals surface area contributed by atoms with Crippen LogP contribution in [0.2, 0.25) is 0 Å². The standard InChI is InChI=1S/C21H23N5OS/c1-14(20(27)23-18-11-5-8-15-7-3-4-10-17(15)18)28-21-25-24-19(26(21)2)16-9-6-12-22-13-16/h3-4,6-7,9-10,12-14,18H,5,8,11H2,1-2H3,(H,23,27). The van der Waals surface area contributed by atoms with Crippen LogP contribution in [0.4, 0.5) is 0 Å². The van der Waals surface area contributed by atoms with Gasteiger partial charge in [0.1, 0.15) is 0 Å². The van der Waals surface area contributed by atoms with Gasteiger partial charge in [-0.05, 0) is 49.4 Å². The van der Waals surface area contributed by atoms with Gasteiger partial charge in [-0.1, -0.05) is 36.0 Å². The average molecular weight is 394 g/mol. The van der Waals surface area contributed by atoms with E-state index in [9.17, 15) is 4.79 Å². The van der Waals surface area contributed by atoms with Crippen LogP contribution in [0.25, 0.3) is 11.4 Å². The number of carbonyl (C=O) groups excluding carboxylic acids is 1. The molecule has 1 aliphatic rings. The van der Waals surface area contributed by atoms with Crippen molar-refractivity contribution in [2.24, 2.45) is 7.05 Å². The number of carbonyl (C=O) groups is 1. The molecule has 0 bridgehead atoms. The number of aromatic nitrogens is 4. The number of pyridine rings is 1. The van der Waals surface area contributed by atoms with E-state index in [1.54, 1.807) is 12.4 Å². The monoisotopic (exact) mass is 393 g/mol. The van der Waals surface area contributed by atoms with E-state index in [1.807, 2.05) is 36.7 Å². The maximum absolute atomic E-state index is 12.8. The summed E-state index contributed by atoms with van der Waals surface area (Å²) in [5.41, 5.74) is 3.49. The molecule has 2 heterocycles. The molecule has 1 aromatic carbocycles. The second-order valence-electron chi connectivity index (χ2n) is 7.02. The molecule has 2 atom stereocenters. The Bertz CT molecular complexity index is 972. The second-order valence-corrected chi connectivity index (χ2v) is 8.33. The predicted molar refractivity (Wildman–Crippen MR) is 110 cm³/mol. The molecule has 2 aromatic heterocycles. The molecule has 1 amide bonds. The molecule has 144 valence electrons. The van der Waals surface area contributed by atoms with Gasteiger partial charge in [-0.25, -0.2) is 0 Å². The van der Waals surface area contributed by atoms with Crippen molar-refractivity contribution in [3.05, 3.63) is 59.9 Å². The molecule has 1 aliphatic carbocycles. The number of hydrogen-bond acceptors (Lipinski definition) is 5. The molecule has 28 heavy (non-hydrogen) atoms. The Kier molecular flexibility index (Phi) is 5.43. The molecule has 6 nitrogen and oxygen atoms in total. The van der Waals surface area contributed by atoms with E-state index in [1.165, 1.54) is 22.9 Å². The van der Waals surface area contributed by atoms with E-state index in [4.69, 9.17) is 0 Å². The highest BCUT2D eigenvalue weighted by Crippen LogP contribution is 2.31. The molecule has 0 spiro atoms. The van der Waals surface area contributed by atoms with Crippen LogP contribution >= 0.6 is 11.8 Å². The summed E-state index contributed by atoms with van der Waals surface area (Å²) in [6.07, 6.45) is 6.65. The highest BCUT2D eigenvalue weighted by Gasteiger charge is 2.25. The minimum Gasteiger partial charge on any atom is -0.348 e. The van der Waals surface area contributed by atoms with Gasteiger partial charge in [0.2, 0.25) is 5.91 Å². The first kappa shape index (κ1) is 18.7. The Hall–Kier alpha value is -2.67. The first-order valence-electron chi connectivity index (χ1n) is 9.48. The summed E-state index contributed by atoms with van der Waals surface area (Å²) < 4.78 is 1.90. The van der Waals surface area contributed by atoms with Crippen LogP contribution in [0.15, 0.2) is 53.9 Å². The summed E-state index contributed by atoms with van der Waals surface area (Å²) in [5, 5.41) is 12.2. The van der Waals surface area contributed by atoms with Gasteiger partial charge in [0.15, 0.2) is 11.0 Å². The van der Waals surface area contributed by atoms with Crippen molar-refractivity contribution >= 4 is 17.7 Å². The lowest BCUT2D eigenvalue weighted by molar-refractivity contribution is -0.121. The highest BCUT2D eigenvalue weighted by atomic mass is 32.2. The molecule has 0 aliphatic heterocycles. The maximum Gasteiger partial charge on any atom is 0.233 e. The van der Waals surface area contributed by atoms with E-state index in [0.29, 0.717) is 5.16 Å². The van der Waals surface area contributed by atoms with Crippen LogP contribution in [0.5, 0.6) is 0 Å². The minimum absolute atomic E-state index is 0.0256. The zero-order valence-corrected chi connectivity index (χ0v) is 16.8. The molecule has 3 aromatic rings. The van der Waals surface area contributed by atoms with E-state index in [-0.39, 0.29) is 17.2 Å². The van der Waals surface area contributed by atoms with Gasteiger partial charge >= 0.3 is 0 Å². The minimum atomic E-state index is -0.265. The van der Waals surface area contributed by atoms with Gasteiger partial charge in [0.05, 0.1) is 11.3 Å². The van der Waals surface area contributed by atoms with Gasteiger partial charge in [-0.2, -0.15) is 0 Å². The lowest BCUT2D eigenvalue weighted by Gasteiger charge is -2.27. The predicted octanol–water partition coefficient (Wildman–Crippen LogP) is 3.55. The molecule has 2 unspecified atom stereocenters. The summed E-state index contributed by atoms with van der Waals surface area (Å²) >= 11 is 1.42. The number of amides is 1. The first-order chi connectivity index (χ1) is 13.6. The van der Waals surface area contributed by atoms with Crippen molar-refractivity contribution in [1.29, 1.82) is 0 Å². The van der Waals surface area contributed by atoms with Crippen LogP contribution < -0.4 is 5.32 Å². The molecule has 4 rings (SSSR count). The topological polar surface area (TPSA) is 72.7 Å². The summed E-state index contributed by atoms with van der Waals surface area (Å²) in [6, 6.07) is 12.3. The van der Waals surface area contributed by atoms with Crippen LogP contribution in [0.1, 0.15) is 36.9 Å². The van der Waals surface area contributed by atoms with Gasteiger partial charge in [0.25, 0.3) is 0 Å². The van der Waals surface area contributed by atoms with Crippen LogP contribution in [0, 0.1) is 0 Å². The van der Waals surface area contributed by atoms with Crippen molar-refractivity contribution in [1.82, 2.24) is 25.1 Å². The number of fused-ring (bicyclic) bond motifs is 1. The molecule has 0 radical (unpaired) electrons. The van der Waals surface area contributed by atoms with Crippen LogP contribution in [0.3, 0.4) is 0 Å². The van der Waals surface area contributed by atoms with Crippen molar-refractivity contribution in [2.45, 2.75) is 42.6 Å². The molecule has 0 saturated carbocycles. The van der Waals surface area contributed by atoms with E-state index < -0.39 is 0 Å². The average Bonchev–Trinajstić information content (AvgIpc) is 3.09. The summed E-state index contributed by atoms with van der Waals surface area (Å²) in [4.78, 5) is 16.9. The SMILES string of the molecule is CC(Sc1nnc(-c2cccnc2)n1C)C(=O)NC1CCCc2ccccc21. The Morgan fingerprint density at radius 3 is 2.93 bits per heavy atom.